The van der Waals surface area contributed by atoms with Crippen molar-refractivity contribution in [2.45, 2.75) is 12.8 Å². The average molecular weight is 255 g/mol. The number of aromatic nitrogens is 1. The second-order valence-electron chi connectivity index (χ2n) is 6.27. The molecule has 4 rings (SSSR count). The van der Waals surface area contributed by atoms with Crippen LogP contribution >= 0.6 is 0 Å². The summed E-state index contributed by atoms with van der Waals surface area (Å²) in [4.78, 5) is 2.57. The highest BCUT2D eigenvalue weighted by molar-refractivity contribution is 5.84. The Labute approximate surface area is 114 Å². The van der Waals surface area contributed by atoms with E-state index in [0.717, 1.165) is 0 Å². The summed E-state index contributed by atoms with van der Waals surface area (Å²) in [5.41, 5.74) is 3.26. The van der Waals surface area contributed by atoms with Gasteiger partial charge in [-0.2, -0.15) is 0 Å². The van der Waals surface area contributed by atoms with Crippen LogP contribution in [0.25, 0.3) is 10.9 Å². The van der Waals surface area contributed by atoms with Gasteiger partial charge in [0, 0.05) is 54.9 Å². The van der Waals surface area contributed by atoms with Gasteiger partial charge in [-0.1, -0.05) is 0 Å². The fourth-order valence-corrected chi connectivity index (χ4v) is 3.77. The molecule has 0 amide bonds. The minimum Gasteiger partial charge on any atom is -0.371 e. The molecule has 2 aromatic rings. The highest BCUT2D eigenvalue weighted by Gasteiger charge is 2.40. The smallest absolute Gasteiger partial charge is 0.0479 e. The van der Waals surface area contributed by atoms with Crippen LogP contribution in [0.2, 0.25) is 0 Å². The van der Waals surface area contributed by atoms with Crippen molar-refractivity contribution < 1.29 is 0 Å². The zero-order valence-corrected chi connectivity index (χ0v) is 11.5. The summed E-state index contributed by atoms with van der Waals surface area (Å²) < 4.78 is 2.19. The van der Waals surface area contributed by atoms with Crippen LogP contribution in [0.5, 0.6) is 0 Å². The summed E-state index contributed by atoms with van der Waals surface area (Å²) in [6.07, 6.45) is 4.82. The quantitative estimate of drug-likeness (QED) is 0.844. The molecule has 1 aromatic carbocycles. The van der Waals surface area contributed by atoms with Crippen molar-refractivity contribution in [2.24, 2.45) is 12.5 Å². The number of aryl methyl sites for hydroxylation is 1. The molecule has 3 heterocycles. The molecule has 3 nitrogen and oxygen atoms in total. The zero-order valence-electron chi connectivity index (χ0n) is 11.5. The van der Waals surface area contributed by atoms with E-state index in [9.17, 15) is 0 Å². The molecule has 3 heteroatoms. The lowest BCUT2D eigenvalue weighted by Crippen LogP contribution is -2.29. The Hall–Kier alpha value is -1.48. The SMILES string of the molecule is Cn1ccc2cc(N3CCC4(CCNC4)C3)ccc21. The van der Waals surface area contributed by atoms with Gasteiger partial charge in [0.15, 0.2) is 0 Å². The van der Waals surface area contributed by atoms with E-state index in [-0.39, 0.29) is 0 Å². The predicted molar refractivity (Wildman–Crippen MR) is 79.7 cm³/mol. The molecular formula is C16H21N3. The van der Waals surface area contributed by atoms with Gasteiger partial charge in [-0.05, 0) is 43.7 Å². The molecule has 0 saturated carbocycles. The maximum Gasteiger partial charge on any atom is 0.0479 e. The zero-order chi connectivity index (χ0) is 12.9. The van der Waals surface area contributed by atoms with E-state index in [2.05, 4.69) is 52.3 Å². The summed E-state index contributed by atoms with van der Waals surface area (Å²) in [6, 6.07) is 9.09. The molecule has 19 heavy (non-hydrogen) atoms. The van der Waals surface area contributed by atoms with E-state index in [4.69, 9.17) is 0 Å². The molecule has 2 aliphatic heterocycles. The number of nitrogens with one attached hydrogen (secondary N) is 1. The van der Waals surface area contributed by atoms with Crippen LogP contribution in [0.15, 0.2) is 30.5 Å². The van der Waals surface area contributed by atoms with Gasteiger partial charge in [0.1, 0.15) is 0 Å². The van der Waals surface area contributed by atoms with Crippen molar-refractivity contribution in [1.82, 2.24) is 9.88 Å². The molecule has 0 bridgehead atoms. The second kappa shape index (κ2) is 4.01. The molecular weight excluding hydrogens is 234 g/mol. The lowest BCUT2D eigenvalue weighted by molar-refractivity contribution is 0.369. The van der Waals surface area contributed by atoms with Gasteiger partial charge in [-0.25, -0.2) is 0 Å². The Morgan fingerprint density at radius 3 is 3.00 bits per heavy atom. The van der Waals surface area contributed by atoms with Crippen LogP contribution < -0.4 is 10.2 Å². The Kier molecular flexibility index (Phi) is 2.39. The summed E-state index contributed by atoms with van der Waals surface area (Å²) in [5.74, 6) is 0. The van der Waals surface area contributed by atoms with Crippen molar-refractivity contribution in [3.63, 3.8) is 0 Å². The van der Waals surface area contributed by atoms with Crippen LogP contribution in [-0.4, -0.2) is 30.7 Å². The average Bonchev–Trinajstić information content (AvgIpc) is 3.13. The van der Waals surface area contributed by atoms with Crippen molar-refractivity contribution in [3.05, 3.63) is 30.5 Å². The number of rotatable bonds is 1. The van der Waals surface area contributed by atoms with Crippen LogP contribution in [0, 0.1) is 5.41 Å². The second-order valence-corrected chi connectivity index (χ2v) is 6.27. The molecule has 1 atom stereocenters. The summed E-state index contributed by atoms with van der Waals surface area (Å²) >= 11 is 0. The lowest BCUT2D eigenvalue weighted by atomic mass is 9.86. The first kappa shape index (κ1) is 11.4. The van der Waals surface area contributed by atoms with Crippen molar-refractivity contribution in [1.29, 1.82) is 0 Å². The van der Waals surface area contributed by atoms with Crippen LogP contribution in [0.1, 0.15) is 12.8 Å². The maximum atomic E-state index is 3.53. The highest BCUT2D eigenvalue weighted by Crippen LogP contribution is 2.38. The lowest BCUT2D eigenvalue weighted by Gasteiger charge is -2.24. The van der Waals surface area contributed by atoms with E-state index in [1.165, 1.54) is 55.6 Å². The number of benzene rings is 1. The van der Waals surface area contributed by atoms with Gasteiger partial charge >= 0.3 is 0 Å². The fraction of sp³-hybridized carbons (Fsp3) is 0.500. The van der Waals surface area contributed by atoms with Gasteiger partial charge in [0.2, 0.25) is 0 Å². The van der Waals surface area contributed by atoms with Gasteiger partial charge in [0.05, 0.1) is 0 Å². The maximum absolute atomic E-state index is 3.53. The molecule has 1 unspecified atom stereocenters. The van der Waals surface area contributed by atoms with E-state index in [0.29, 0.717) is 5.41 Å². The highest BCUT2D eigenvalue weighted by atomic mass is 15.2. The third-order valence-corrected chi connectivity index (χ3v) is 5.00. The van der Waals surface area contributed by atoms with Crippen LogP contribution in [0.4, 0.5) is 5.69 Å². The van der Waals surface area contributed by atoms with Crippen LogP contribution in [-0.2, 0) is 7.05 Å². The van der Waals surface area contributed by atoms with Gasteiger partial charge in [-0.15, -0.1) is 0 Å². The largest absolute Gasteiger partial charge is 0.371 e. The van der Waals surface area contributed by atoms with E-state index in [1.807, 2.05) is 0 Å². The Balaban J connectivity index is 1.64. The van der Waals surface area contributed by atoms with Gasteiger partial charge in [0.25, 0.3) is 0 Å². The van der Waals surface area contributed by atoms with Gasteiger partial charge < -0.3 is 14.8 Å². The molecule has 2 aliphatic rings. The Bertz CT molecular complexity index is 607. The first-order valence-electron chi connectivity index (χ1n) is 7.27. The topological polar surface area (TPSA) is 20.2 Å². The number of nitrogens with zero attached hydrogens (tertiary/aromatic N) is 2. The number of hydrogen-bond donors (Lipinski definition) is 1. The molecule has 1 spiro atoms. The van der Waals surface area contributed by atoms with E-state index >= 15 is 0 Å². The summed E-state index contributed by atoms with van der Waals surface area (Å²) in [6.45, 7) is 4.83. The first-order chi connectivity index (χ1) is 9.26. The number of hydrogen-bond acceptors (Lipinski definition) is 2. The summed E-state index contributed by atoms with van der Waals surface area (Å²) in [5, 5.41) is 4.88. The minimum atomic E-state index is 0.547. The van der Waals surface area contributed by atoms with Crippen molar-refractivity contribution in [2.75, 3.05) is 31.1 Å². The Morgan fingerprint density at radius 1 is 1.21 bits per heavy atom. The molecule has 1 N–H and O–H groups in total. The third-order valence-electron chi connectivity index (χ3n) is 5.00. The van der Waals surface area contributed by atoms with Crippen molar-refractivity contribution >= 4 is 16.6 Å². The standard InChI is InChI=1S/C16H21N3/c1-18-8-4-13-10-14(2-3-15(13)18)19-9-6-16(12-19)5-7-17-11-16/h2-4,8,10,17H,5-7,9,11-12H2,1H3. The first-order valence-corrected chi connectivity index (χ1v) is 7.27. The molecule has 100 valence electrons. The molecule has 2 fully saturated rings. The molecule has 0 radical (unpaired) electrons. The predicted octanol–water partition coefficient (Wildman–Crippen LogP) is 2.37. The Morgan fingerprint density at radius 2 is 2.16 bits per heavy atom. The van der Waals surface area contributed by atoms with E-state index < -0.39 is 0 Å². The molecule has 1 aromatic heterocycles. The number of fused-ring (bicyclic) bond motifs is 1. The van der Waals surface area contributed by atoms with Crippen molar-refractivity contribution in [3.8, 4) is 0 Å². The third kappa shape index (κ3) is 1.76. The number of anilines is 1. The van der Waals surface area contributed by atoms with E-state index in [1.54, 1.807) is 0 Å². The van der Waals surface area contributed by atoms with Gasteiger partial charge in [-0.3, -0.25) is 0 Å². The normalized spacial score (nSPS) is 26.9. The minimum absolute atomic E-state index is 0.547. The van der Waals surface area contributed by atoms with Crippen LogP contribution in [0.3, 0.4) is 0 Å². The molecule has 2 saturated heterocycles. The fourth-order valence-electron chi connectivity index (χ4n) is 3.77. The monoisotopic (exact) mass is 255 g/mol. The summed E-state index contributed by atoms with van der Waals surface area (Å²) in [7, 11) is 2.11. The molecule has 0 aliphatic carbocycles.